The smallest absolute Gasteiger partial charge is 0.147 e. The van der Waals surface area contributed by atoms with Crippen LogP contribution in [-0.4, -0.2) is 59.2 Å². The molecule has 0 amide bonds. The molecule has 0 spiro atoms. The van der Waals surface area contributed by atoms with Gasteiger partial charge in [0.15, 0.2) is 0 Å². The van der Waals surface area contributed by atoms with Crippen molar-refractivity contribution in [3.8, 4) is 33.9 Å². The van der Waals surface area contributed by atoms with E-state index in [0.717, 1.165) is 69.2 Å². The highest BCUT2D eigenvalue weighted by Crippen LogP contribution is 2.33. The molecule has 6 aromatic rings. The molecule has 1 aliphatic rings. The fourth-order valence-corrected chi connectivity index (χ4v) is 4.50. The van der Waals surface area contributed by atoms with Gasteiger partial charge in [-0.15, -0.1) is 0 Å². The molecular formula is C25H20N10. The predicted octanol–water partition coefficient (Wildman–Crippen LogP) is 3.17. The van der Waals surface area contributed by atoms with Crippen molar-refractivity contribution in [2.45, 2.75) is 6.04 Å². The summed E-state index contributed by atoms with van der Waals surface area (Å²) in [6, 6.07) is 12.1. The lowest BCUT2D eigenvalue weighted by molar-refractivity contribution is 0.514. The van der Waals surface area contributed by atoms with Crippen LogP contribution >= 0.6 is 0 Å². The monoisotopic (exact) mass is 460 g/mol. The normalized spacial score (nSPS) is 14.0. The van der Waals surface area contributed by atoms with Crippen LogP contribution in [0.15, 0.2) is 67.4 Å². The summed E-state index contributed by atoms with van der Waals surface area (Å²) in [5.74, 6) is 0.809. The molecule has 35 heavy (non-hydrogen) atoms. The minimum atomic E-state index is 0.188. The number of aromatic amines is 2. The molecular weight excluding hydrogens is 440 g/mol. The molecule has 1 fully saturated rings. The molecule has 1 saturated heterocycles. The third-order valence-electron chi connectivity index (χ3n) is 6.30. The minimum absolute atomic E-state index is 0.188. The molecule has 10 nitrogen and oxygen atoms in total. The van der Waals surface area contributed by atoms with Gasteiger partial charge < -0.3 is 15.6 Å². The number of nitrogens with two attached hydrogens (primary N) is 1. The Morgan fingerprint density at radius 3 is 2.66 bits per heavy atom. The van der Waals surface area contributed by atoms with Gasteiger partial charge in [0.05, 0.1) is 29.3 Å². The summed E-state index contributed by atoms with van der Waals surface area (Å²) in [4.78, 5) is 28.2. The number of nitrogens with one attached hydrogen (secondary N) is 2. The number of hydrogen-bond acceptors (Lipinski definition) is 8. The number of nitrogens with zero attached hydrogens (tertiary/aromatic N) is 7. The summed E-state index contributed by atoms with van der Waals surface area (Å²) in [7, 11) is 0. The van der Waals surface area contributed by atoms with Crippen molar-refractivity contribution in [2.24, 2.45) is 5.73 Å². The van der Waals surface area contributed by atoms with E-state index < -0.39 is 0 Å². The highest BCUT2D eigenvalue weighted by atomic mass is 15.3. The van der Waals surface area contributed by atoms with Crippen molar-refractivity contribution in [2.75, 3.05) is 18.0 Å². The number of pyridine rings is 3. The van der Waals surface area contributed by atoms with Gasteiger partial charge in [-0.3, -0.25) is 15.1 Å². The molecule has 0 saturated carbocycles. The number of aromatic nitrogens is 8. The Bertz CT molecular complexity index is 1680. The number of hydrogen-bond donors (Lipinski definition) is 3. The second-order valence-corrected chi connectivity index (χ2v) is 8.63. The number of anilines is 1. The predicted molar refractivity (Wildman–Crippen MR) is 133 cm³/mol. The van der Waals surface area contributed by atoms with Gasteiger partial charge in [-0.1, -0.05) is 0 Å². The topological polar surface area (TPSA) is 138 Å². The molecule has 7 heterocycles. The molecule has 0 unspecified atom stereocenters. The van der Waals surface area contributed by atoms with E-state index in [1.807, 2.05) is 30.3 Å². The van der Waals surface area contributed by atoms with Crippen LogP contribution in [0, 0.1) is 0 Å². The zero-order chi connectivity index (χ0) is 23.4. The summed E-state index contributed by atoms with van der Waals surface area (Å²) in [5, 5.41) is 8.66. The fourth-order valence-electron chi connectivity index (χ4n) is 4.50. The number of rotatable bonds is 4. The van der Waals surface area contributed by atoms with Crippen LogP contribution in [0.5, 0.6) is 0 Å². The maximum atomic E-state index is 5.93. The van der Waals surface area contributed by atoms with Crippen molar-refractivity contribution in [3.63, 3.8) is 0 Å². The summed E-state index contributed by atoms with van der Waals surface area (Å²) in [5.41, 5.74) is 13.4. The van der Waals surface area contributed by atoms with E-state index in [2.05, 4.69) is 41.1 Å². The lowest BCUT2D eigenvalue weighted by atomic mass is 10.1. The Morgan fingerprint density at radius 1 is 0.914 bits per heavy atom. The highest BCUT2D eigenvalue weighted by molar-refractivity contribution is 5.98. The first-order valence-electron chi connectivity index (χ1n) is 11.3. The lowest BCUT2D eigenvalue weighted by Crippen LogP contribution is -2.56. The molecule has 0 aliphatic carbocycles. The number of H-pyrrole nitrogens is 2. The molecule has 1 aliphatic heterocycles. The molecule has 0 aromatic carbocycles. The average Bonchev–Trinajstić information content (AvgIpc) is 3.51. The van der Waals surface area contributed by atoms with E-state index in [1.165, 1.54) is 0 Å². The van der Waals surface area contributed by atoms with E-state index >= 15 is 0 Å². The van der Waals surface area contributed by atoms with Crippen LogP contribution in [0.4, 0.5) is 5.82 Å². The Morgan fingerprint density at radius 2 is 1.80 bits per heavy atom. The van der Waals surface area contributed by atoms with Crippen molar-refractivity contribution < 1.29 is 0 Å². The van der Waals surface area contributed by atoms with Crippen LogP contribution in [0.3, 0.4) is 0 Å². The SMILES string of the molecule is NC1CN(c2cncc(-c3ccc4[nH]nc(-c5cc6c(-c7ccncc7)ccnc6[nH]5)c4n3)n2)C1. The Kier molecular flexibility index (Phi) is 4.33. The Labute approximate surface area is 199 Å². The standard InChI is InChI=1S/C25H20N10/c26-15-12-35(13-15)22-11-28-10-21(30-22)18-1-2-19-23(31-18)24(34-33-19)20-9-17-16(5-8-29-25(17)32-20)14-3-6-27-7-4-14/h1-11,15H,12-13,26H2,(H,29,32)(H,33,34). The maximum absolute atomic E-state index is 5.93. The number of fused-ring (bicyclic) bond motifs is 2. The van der Waals surface area contributed by atoms with E-state index in [0.29, 0.717) is 5.69 Å². The van der Waals surface area contributed by atoms with E-state index in [1.54, 1.807) is 31.0 Å². The van der Waals surface area contributed by atoms with Crippen LogP contribution < -0.4 is 10.6 Å². The lowest BCUT2D eigenvalue weighted by Gasteiger charge is -2.37. The molecule has 0 atom stereocenters. The molecule has 4 N–H and O–H groups in total. The molecule has 10 heteroatoms. The molecule has 0 bridgehead atoms. The van der Waals surface area contributed by atoms with Gasteiger partial charge in [0.1, 0.15) is 28.4 Å². The first kappa shape index (κ1) is 19.7. The summed E-state index contributed by atoms with van der Waals surface area (Å²) < 4.78 is 0. The minimum Gasteiger partial charge on any atom is -0.352 e. The van der Waals surface area contributed by atoms with E-state index in [-0.39, 0.29) is 6.04 Å². The Balaban J connectivity index is 1.31. The second kappa shape index (κ2) is 7.67. The molecule has 6 aromatic heterocycles. The first-order valence-corrected chi connectivity index (χ1v) is 11.3. The van der Waals surface area contributed by atoms with Crippen LogP contribution in [-0.2, 0) is 0 Å². The second-order valence-electron chi connectivity index (χ2n) is 8.63. The Hall–Kier alpha value is -4.70. The third-order valence-corrected chi connectivity index (χ3v) is 6.30. The zero-order valence-electron chi connectivity index (χ0n) is 18.6. The van der Waals surface area contributed by atoms with Gasteiger partial charge in [-0.05, 0) is 47.5 Å². The zero-order valence-corrected chi connectivity index (χ0v) is 18.6. The van der Waals surface area contributed by atoms with Crippen molar-refractivity contribution in [1.82, 2.24) is 40.1 Å². The van der Waals surface area contributed by atoms with Crippen molar-refractivity contribution in [1.29, 1.82) is 0 Å². The van der Waals surface area contributed by atoms with Crippen LogP contribution in [0.2, 0.25) is 0 Å². The molecule has 170 valence electrons. The largest absolute Gasteiger partial charge is 0.352 e. The summed E-state index contributed by atoms with van der Waals surface area (Å²) in [6.07, 6.45) is 8.86. The maximum Gasteiger partial charge on any atom is 0.147 e. The van der Waals surface area contributed by atoms with Gasteiger partial charge in [-0.25, -0.2) is 15.0 Å². The highest BCUT2D eigenvalue weighted by Gasteiger charge is 2.25. The third kappa shape index (κ3) is 3.30. The van der Waals surface area contributed by atoms with Crippen LogP contribution in [0.25, 0.3) is 56.0 Å². The van der Waals surface area contributed by atoms with Crippen molar-refractivity contribution >= 4 is 27.9 Å². The van der Waals surface area contributed by atoms with Gasteiger partial charge in [0.25, 0.3) is 0 Å². The van der Waals surface area contributed by atoms with Gasteiger partial charge >= 0.3 is 0 Å². The van der Waals surface area contributed by atoms with Gasteiger partial charge in [0.2, 0.25) is 0 Å². The fraction of sp³-hybridized carbons (Fsp3) is 0.120. The van der Waals surface area contributed by atoms with Crippen molar-refractivity contribution in [3.05, 3.63) is 67.4 Å². The van der Waals surface area contributed by atoms with E-state index in [9.17, 15) is 0 Å². The quantitative estimate of drug-likeness (QED) is 0.365. The average molecular weight is 461 g/mol. The summed E-state index contributed by atoms with van der Waals surface area (Å²) >= 11 is 0. The van der Waals surface area contributed by atoms with E-state index in [4.69, 9.17) is 15.7 Å². The van der Waals surface area contributed by atoms with Crippen LogP contribution in [0.1, 0.15) is 0 Å². The van der Waals surface area contributed by atoms with Gasteiger partial charge in [0, 0.05) is 43.1 Å². The molecule has 7 rings (SSSR count). The first-order chi connectivity index (χ1) is 17.2. The molecule has 0 radical (unpaired) electrons. The summed E-state index contributed by atoms with van der Waals surface area (Å²) in [6.45, 7) is 1.57. The van der Waals surface area contributed by atoms with Gasteiger partial charge in [-0.2, -0.15) is 5.10 Å².